The summed E-state index contributed by atoms with van der Waals surface area (Å²) in [7, 11) is 3.22. The highest BCUT2D eigenvalue weighted by atomic mass is 16.6. The Morgan fingerprint density at radius 3 is 1.50 bits per heavy atom. The molecule has 2 aliphatic heterocycles. The van der Waals surface area contributed by atoms with Gasteiger partial charge in [-0.1, -0.05) is 0 Å². The van der Waals surface area contributed by atoms with E-state index in [0.717, 1.165) is 0 Å². The van der Waals surface area contributed by atoms with E-state index in [2.05, 4.69) is 30.2 Å². The Morgan fingerprint density at radius 1 is 0.833 bits per heavy atom. The van der Waals surface area contributed by atoms with Crippen LogP contribution in [0.3, 0.4) is 0 Å². The molecule has 8 atom stereocenters. The molecular weight excluding hydrogens is 560 g/mol. The van der Waals surface area contributed by atoms with E-state index in [4.69, 9.17) is 20.5 Å². The summed E-state index contributed by atoms with van der Waals surface area (Å²) >= 11 is 0. The highest BCUT2D eigenvalue weighted by Gasteiger charge is 2.40. The molecular formula is C22H34N12O8+2. The maximum atomic E-state index is 11.1. The zero-order valence-corrected chi connectivity index (χ0v) is 23.4. The van der Waals surface area contributed by atoms with Crippen LogP contribution in [0.15, 0.2) is 22.6 Å². The lowest BCUT2D eigenvalue weighted by Gasteiger charge is -2.21. The van der Waals surface area contributed by atoms with Gasteiger partial charge in [0.25, 0.3) is 0 Å². The molecule has 0 amide bonds. The highest BCUT2D eigenvalue weighted by Crippen LogP contribution is 2.37. The topological polar surface area (TPSA) is 281 Å². The molecule has 0 aliphatic carbocycles. The van der Waals surface area contributed by atoms with Crippen molar-refractivity contribution in [2.75, 3.05) is 0 Å². The number of hydrogen-bond donors (Lipinski definition) is 4. The van der Waals surface area contributed by atoms with Gasteiger partial charge in [-0.05, 0) is 39.5 Å². The van der Waals surface area contributed by atoms with E-state index < -0.39 is 58.6 Å². The van der Waals surface area contributed by atoms with Crippen molar-refractivity contribution in [2.45, 2.75) is 88.2 Å². The second-order valence-corrected chi connectivity index (χ2v) is 9.95. The van der Waals surface area contributed by atoms with Crippen LogP contribution in [0.5, 0.6) is 0 Å². The third-order valence-corrected chi connectivity index (χ3v) is 7.30. The maximum absolute atomic E-state index is 11.1. The highest BCUT2D eigenvalue weighted by molar-refractivity contribution is 5.35. The first kappa shape index (κ1) is 32.2. The molecule has 2 aromatic heterocycles. The monoisotopic (exact) mass is 594 g/mol. The number of aryl methyl sites for hydroxylation is 2. The van der Waals surface area contributed by atoms with E-state index in [1.165, 1.54) is 21.8 Å². The average molecular weight is 595 g/mol. The van der Waals surface area contributed by atoms with Gasteiger partial charge in [0.15, 0.2) is 12.1 Å². The molecule has 0 unspecified atom stereocenters. The van der Waals surface area contributed by atoms with E-state index in [1.54, 1.807) is 27.9 Å². The lowest BCUT2D eigenvalue weighted by molar-refractivity contribution is -0.386. The molecule has 4 rings (SSSR count). The van der Waals surface area contributed by atoms with E-state index >= 15 is 0 Å². The molecule has 0 radical (unpaired) electrons. The fraction of sp³-hybridized carbons (Fsp3) is 0.727. The summed E-state index contributed by atoms with van der Waals surface area (Å²) in [6.07, 6.45) is -0.0458. The van der Waals surface area contributed by atoms with E-state index in [0.29, 0.717) is 37.1 Å². The summed E-state index contributed by atoms with van der Waals surface area (Å²) in [6, 6.07) is -1.09. The first-order valence-corrected chi connectivity index (χ1v) is 13.0. The Balaban J connectivity index is 0.000000230. The molecule has 0 aromatic carbocycles. The van der Waals surface area contributed by atoms with Crippen molar-refractivity contribution in [1.82, 2.24) is 29.4 Å². The summed E-state index contributed by atoms with van der Waals surface area (Å²) in [5.74, 6) is 0. The van der Waals surface area contributed by atoms with Gasteiger partial charge in [0.2, 0.25) is 9.82 Å². The quantitative estimate of drug-likeness (QED) is 0.162. The second-order valence-electron chi connectivity index (χ2n) is 9.95. The number of nitrogens with zero attached hydrogens (tertiary/aromatic N) is 10. The molecule has 2 fully saturated rings. The van der Waals surface area contributed by atoms with E-state index in [9.17, 15) is 30.4 Å². The summed E-state index contributed by atoms with van der Waals surface area (Å²) in [5.41, 5.74) is 14.1. The minimum absolute atomic E-state index is 0.107. The minimum Gasteiger partial charge on any atom is -0.388 e. The van der Waals surface area contributed by atoms with Crippen LogP contribution < -0.4 is 9.82 Å². The fourth-order valence-corrected chi connectivity index (χ4v) is 5.13. The van der Waals surface area contributed by atoms with Crippen molar-refractivity contribution < 1.29 is 29.5 Å². The van der Waals surface area contributed by atoms with Crippen molar-refractivity contribution in [1.29, 1.82) is 11.1 Å². The first-order chi connectivity index (χ1) is 19.9. The zero-order chi connectivity index (χ0) is 31.1. The molecule has 20 heteroatoms. The molecule has 228 valence electrons. The standard InChI is InChI=1S/2C11H17N6O4/c2*1-6-11(18)7(14-15-12)3-4-9(21-6)10-8(17(19)20)5-13-16(10)2/h2*5-7,9,11-12,18H,3-4H2,1-2H3/q2*+1/t6-,7+,9-,11+;6-,7-,9+,11-/m01/s1. The van der Waals surface area contributed by atoms with Crippen LogP contribution >= 0.6 is 0 Å². The van der Waals surface area contributed by atoms with E-state index in [-0.39, 0.29) is 11.4 Å². The Morgan fingerprint density at radius 2 is 1.19 bits per heavy atom. The number of ether oxygens (including phenoxy) is 2. The van der Waals surface area contributed by atoms with Crippen LogP contribution in [-0.2, 0) is 23.6 Å². The second kappa shape index (κ2) is 14.0. The first-order valence-electron chi connectivity index (χ1n) is 13.0. The average Bonchev–Trinajstić information content (AvgIpc) is 3.45. The minimum atomic E-state index is -0.906. The predicted molar refractivity (Wildman–Crippen MR) is 139 cm³/mol. The molecule has 4 heterocycles. The third kappa shape index (κ3) is 7.11. The molecule has 4 N–H and O–H groups in total. The van der Waals surface area contributed by atoms with Crippen LogP contribution in [0.4, 0.5) is 11.4 Å². The summed E-state index contributed by atoms with van der Waals surface area (Å²) in [6.45, 7) is 3.33. The normalized spacial score (nSPS) is 29.5. The van der Waals surface area contributed by atoms with Gasteiger partial charge in [-0.3, -0.25) is 29.6 Å². The van der Waals surface area contributed by atoms with Gasteiger partial charge in [-0.25, -0.2) is 0 Å². The van der Waals surface area contributed by atoms with Gasteiger partial charge in [-0.15, -0.1) is 0 Å². The SMILES string of the molecule is C[C@@H]1O[C@H](c2c([N+](=O)[O-])cnn2C)CC[C@@H](N=[N+]=N)[C@@H]1O.C[C@H]1O[C@H](c2c([N+](=O)[O-])cnn2C)CC[C@@H](N=[N+]=N)[C@@H]1O. The molecule has 42 heavy (non-hydrogen) atoms. The number of aliphatic hydroxyl groups excluding tert-OH is 2. The zero-order valence-electron chi connectivity index (χ0n) is 23.4. The molecule has 2 aromatic rings. The van der Waals surface area contributed by atoms with Gasteiger partial charge < -0.3 is 19.7 Å². The van der Waals surface area contributed by atoms with Crippen molar-refractivity contribution in [2.24, 2.45) is 24.3 Å². The lowest BCUT2D eigenvalue weighted by atomic mass is 10.0. The molecule has 0 bridgehead atoms. The summed E-state index contributed by atoms with van der Waals surface area (Å²) in [4.78, 5) is 27.1. The molecule has 2 aliphatic rings. The number of nitrogens with one attached hydrogen (secondary N) is 2. The third-order valence-electron chi connectivity index (χ3n) is 7.30. The molecule has 2 saturated heterocycles. The van der Waals surface area contributed by atoms with Gasteiger partial charge in [0, 0.05) is 14.1 Å². The number of aliphatic hydroxyl groups is 2. The van der Waals surface area contributed by atoms with Gasteiger partial charge in [-0.2, -0.15) is 10.2 Å². The van der Waals surface area contributed by atoms with Crippen LogP contribution in [0.2, 0.25) is 0 Å². The van der Waals surface area contributed by atoms with Crippen LogP contribution in [-0.4, -0.2) is 76.1 Å². The lowest BCUT2D eigenvalue weighted by Crippen LogP contribution is -2.34. The van der Waals surface area contributed by atoms with Gasteiger partial charge in [0.05, 0.1) is 22.1 Å². The molecule has 20 nitrogen and oxygen atoms in total. The van der Waals surface area contributed by atoms with E-state index in [1.807, 2.05) is 0 Å². The van der Waals surface area contributed by atoms with Crippen molar-refractivity contribution in [3.63, 3.8) is 0 Å². The Hall–Kier alpha value is -4.32. The number of nitro groups is 2. The predicted octanol–water partition coefficient (Wildman–Crippen LogP) is 1.70. The number of rotatable bonds is 6. The van der Waals surface area contributed by atoms with Crippen molar-refractivity contribution in [3.05, 3.63) is 44.0 Å². The maximum Gasteiger partial charge on any atom is 0.312 e. The van der Waals surface area contributed by atoms with Gasteiger partial charge in [0.1, 0.15) is 69.5 Å². The summed E-state index contributed by atoms with van der Waals surface area (Å²) < 4.78 is 14.3. The smallest absolute Gasteiger partial charge is 0.312 e. The number of hydrogen-bond acceptors (Lipinski definition) is 14. The Kier molecular flexibility index (Phi) is 10.8. The summed E-state index contributed by atoms with van der Waals surface area (Å²) in [5, 5.41) is 57.5. The van der Waals surface area contributed by atoms with Gasteiger partial charge >= 0.3 is 11.4 Å². The molecule has 0 saturated carbocycles. The van der Waals surface area contributed by atoms with Crippen LogP contribution in [0, 0.1) is 31.3 Å². The van der Waals surface area contributed by atoms with Crippen molar-refractivity contribution >= 4 is 11.4 Å². The van der Waals surface area contributed by atoms with Crippen LogP contribution in [0.1, 0.15) is 63.1 Å². The molecule has 0 spiro atoms. The Labute approximate surface area is 238 Å². The Bertz CT molecular complexity index is 1260. The fourth-order valence-electron chi connectivity index (χ4n) is 5.13. The largest absolute Gasteiger partial charge is 0.388 e. The number of aromatic nitrogens is 4. The van der Waals surface area contributed by atoms with Crippen LogP contribution in [0.25, 0.3) is 0 Å². The van der Waals surface area contributed by atoms with Crippen molar-refractivity contribution in [3.8, 4) is 0 Å².